The predicted molar refractivity (Wildman–Crippen MR) is 222 cm³/mol. The smallest absolute Gasteiger partial charge is 0.141 e. The molecule has 2 aliphatic heterocycles. The summed E-state index contributed by atoms with van der Waals surface area (Å²) < 4.78 is 12.7. The van der Waals surface area contributed by atoms with Crippen molar-refractivity contribution in [2.24, 2.45) is 5.92 Å². The van der Waals surface area contributed by atoms with Crippen LogP contribution in [0.4, 0.5) is 11.4 Å². The lowest BCUT2D eigenvalue weighted by molar-refractivity contribution is 0.537. The van der Waals surface area contributed by atoms with Crippen LogP contribution in [0.25, 0.3) is 55.7 Å². The van der Waals surface area contributed by atoms with Crippen LogP contribution in [0.2, 0.25) is 0 Å². The van der Waals surface area contributed by atoms with Crippen LogP contribution in [-0.2, 0) is 19.4 Å². The van der Waals surface area contributed by atoms with E-state index in [1.54, 1.807) is 0 Å². The number of anilines is 2. The maximum Gasteiger partial charge on any atom is 0.141 e. The number of aromatic nitrogens is 4. The second-order valence-electron chi connectivity index (χ2n) is 15.5. The Morgan fingerprint density at radius 1 is 0.654 bits per heavy atom. The second kappa shape index (κ2) is 15.4. The number of fused-ring (bicyclic) bond motifs is 4. The van der Waals surface area contributed by atoms with Crippen molar-refractivity contribution in [3.8, 4) is 33.6 Å². The van der Waals surface area contributed by atoms with E-state index >= 15 is 0 Å². The average Bonchev–Trinajstić information content (AvgIpc) is 3.79. The van der Waals surface area contributed by atoms with Gasteiger partial charge in [0, 0.05) is 60.8 Å². The van der Waals surface area contributed by atoms with Gasteiger partial charge < -0.3 is 14.4 Å². The Bertz CT molecular complexity index is 2160. The monoisotopic (exact) mass is 710 g/mol. The molecule has 2 aliphatic rings. The molecule has 2 aromatic heterocycles. The first kappa shape index (κ1) is 34.8. The predicted octanol–water partition coefficient (Wildman–Crippen LogP) is 11.6. The third kappa shape index (κ3) is 6.61. The number of hydrogen-bond donors (Lipinski definition) is 0. The van der Waals surface area contributed by atoms with Crippen LogP contribution in [-0.4, -0.2) is 44.5 Å². The number of hydrogen-bond acceptors (Lipinski definition) is 6. The molecule has 6 nitrogen and oxygen atoms in total. The van der Waals surface area contributed by atoms with E-state index < -0.39 is 0 Å². The summed E-state index contributed by atoms with van der Waals surface area (Å²) >= 11 is 1.33. The molecule has 0 saturated heterocycles. The van der Waals surface area contributed by atoms with E-state index in [4.69, 9.17) is 13.7 Å². The van der Waals surface area contributed by atoms with Gasteiger partial charge >= 0.3 is 0 Å². The third-order valence-corrected chi connectivity index (χ3v) is 11.7. The Balaban J connectivity index is 1.35. The number of nitrogens with zero attached hydrogens (tertiary/aromatic N) is 6. The van der Waals surface area contributed by atoms with Crippen LogP contribution >= 0.6 is 11.7 Å². The van der Waals surface area contributed by atoms with Crippen molar-refractivity contribution >= 4 is 45.2 Å². The highest BCUT2D eigenvalue weighted by Crippen LogP contribution is 2.46. The molecule has 0 saturated carbocycles. The normalized spacial score (nSPS) is 14.5. The molecule has 4 aromatic carbocycles. The highest BCUT2D eigenvalue weighted by atomic mass is 32.1. The zero-order valence-corrected chi connectivity index (χ0v) is 32.4. The molecule has 6 aromatic rings. The van der Waals surface area contributed by atoms with Crippen LogP contribution < -0.4 is 9.80 Å². The van der Waals surface area contributed by atoms with Crippen molar-refractivity contribution in [3.63, 3.8) is 0 Å². The van der Waals surface area contributed by atoms with E-state index in [0.717, 1.165) is 79.1 Å². The summed E-state index contributed by atoms with van der Waals surface area (Å²) in [6.45, 7) is 14.6. The molecule has 0 unspecified atom stereocenters. The number of benzene rings is 4. The molecule has 0 spiro atoms. The quantitative estimate of drug-likeness (QED) is 0.112. The van der Waals surface area contributed by atoms with Crippen molar-refractivity contribution in [2.75, 3.05) is 36.0 Å². The molecule has 0 fully saturated rings. The molecular formula is C45H54N6S. The summed E-state index contributed by atoms with van der Waals surface area (Å²) in [7, 11) is 0. The van der Waals surface area contributed by atoms with Crippen LogP contribution in [0, 0.1) is 5.92 Å². The van der Waals surface area contributed by atoms with Gasteiger partial charge in [0.1, 0.15) is 22.4 Å². The van der Waals surface area contributed by atoms with Crippen molar-refractivity contribution in [1.29, 1.82) is 0 Å². The summed E-state index contributed by atoms with van der Waals surface area (Å²) in [5, 5.41) is 0. The van der Waals surface area contributed by atoms with Gasteiger partial charge in [-0.15, -0.1) is 0 Å². The van der Waals surface area contributed by atoms with Crippen molar-refractivity contribution in [2.45, 2.75) is 98.4 Å². The maximum absolute atomic E-state index is 5.63. The fraction of sp³-hybridized carbons (Fsp3) is 0.444. The Morgan fingerprint density at radius 2 is 1.23 bits per heavy atom. The van der Waals surface area contributed by atoms with E-state index in [9.17, 15) is 0 Å². The topological polar surface area (TPSA) is 50.1 Å². The molecule has 0 amide bonds. The van der Waals surface area contributed by atoms with Gasteiger partial charge in [0.05, 0.1) is 17.2 Å². The first-order valence-corrected chi connectivity index (χ1v) is 20.8. The number of aryl methyl sites for hydroxylation is 2. The molecule has 0 aliphatic carbocycles. The standard InChI is InChI=1S/C45H54N6S/c1-5-7-12-24-49-26-14-18-33-28-35(20-22-37(33)49)39-41-42(48-52-47-41)40(36-21-23-38-34(29-36)19-15-27-50(38)25-13-8-6-2)44-43(39)46-45(51(44)30-31(3)4)32-16-10-9-11-17-32/h9-11,16-17,20-23,28-29,31H,5-8,12-15,18-19,24-27,30H2,1-4H3. The Hall–Kier alpha value is -4.23. The number of unbranched alkanes of at least 4 members (excludes halogenated alkanes) is 4. The lowest BCUT2D eigenvalue weighted by Gasteiger charge is -2.32. The number of rotatable bonds is 13. The molecule has 4 heterocycles. The summed E-state index contributed by atoms with van der Waals surface area (Å²) in [6, 6.07) is 25.1. The molecule has 0 atom stereocenters. The Labute approximate surface area is 314 Å². The van der Waals surface area contributed by atoms with Crippen LogP contribution in [0.1, 0.15) is 90.2 Å². The zero-order chi connectivity index (χ0) is 35.6. The second-order valence-corrected chi connectivity index (χ2v) is 16.0. The number of imidazole rings is 1. The fourth-order valence-corrected chi connectivity index (χ4v) is 9.31. The minimum absolute atomic E-state index is 0.433. The Kier molecular flexibility index (Phi) is 10.3. The van der Waals surface area contributed by atoms with Crippen LogP contribution in [0.3, 0.4) is 0 Å². The molecule has 0 N–H and O–H groups in total. The summed E-state index contributed by atoms with van der Waals surface area (Å²) in [6.07, 6.45) is 12.2. The van der Waals surface area contributed by atoms with Gasteiger partial charge in [-0.3, -0.25) is 0 Å². The van der Waals surface area contributed by atoms with Gasteiger partial charge in [-0.25, -0.2) is 4.98 Å². The van der Waals surface area contributed by atoms with Gasteiger partial charge in [0.2, 0.25) is 0 Å². The van der Waals surface area contributed by atoms with Gasteiger partial charge in [-0.05, 0) is 91.0 Å². The summed E-state index contributed by atoms with van der Waals surface area (Å²) in [5.74, 6) is 1.45. The van der Waals surface area contributed by atoms with Gasteiger partial charge in [-0.1, -0.05) is 95.8 Å². The maximum atomic E-state index is 5.63. The van der Waals surface area contributed by atoms with Crippen molar-refractivity contribution in [1.82, 2.24) is 18.3 Å². The Morgan fingerprint density at radius 3 is 1.81 bits per heavy atom. The van der Waals surface area contributed by atoms with E-state index in [1.807, 2.05) is 0 Å². The average molecular weight is 711 g/mol. The third-order valence-electron chi connectivity index (χ3n) is 11.2. The van der Waals surface area contributed by atoms with Crippen LogP contribution in [0.15, 0.2) is 66.7 Å². The van der Waals surface area contributed by atoms with Crippen molar-refractivity contribution in [3.05, 3.63) is 77.9 Å². The van der Waals surface area contributed by atoms with E-state index in [1.165, 1.54) is 108 Å². The molecule has 0 radical (unpaired) electrons. The van der Waals surface area contributed by atoms with Crippen LogP contribution in [0.5, 0.6) is 0 Å². The molecular weight excluding hydrogens is 657 g/mol. The first-order chi connectivity index (χ1) is 25.6. The molecule has 7 heteroatoms. The molecule has 270 valence electrons. The van der Waals surface area contributed by atoms with Gasteiger partial charge in [-0.2, -0.15) is 8.75 Å². The molecule has 8 rings (SSSR count). The fourth-order valence-electron chi connectivity index (χ4n) is 8.75. The SMILES string of the molecule is CCCCCN1CCCc2cc(-c3c4nsnc4c(-c4ccc5c(c4)CCCN5CCCCC)c4c3nc(-c3ccccc3)n4CC(C)C)ccc21. The highest BCUT2D eigenvalue weighted by molar-refractivity contribution is 7.00. The first-order valence-electron chi connectivity index (χ1n) is 20.1. The van der Waals surface area contributed by atoms with Crippen molar-refractivity contribution < 1.29 is 0 Å². The zero-order valence-electron chi connectivity index (χ0n) is 31.6. The highest BCUT2D eigenvalue weighted by Gasteiger charge is 2.28. The summed E-state index contributed by atoms with van der Waals surface area (Å²) in [4.78, 5) is 10.9. The molecule has 0 bridgehead atoms. The lowest BCUT2D eigenvalue weighted by Crippen LogP contribution is -2.30. The summed E-state index contributed by atoms with van der Waals surface area (Å²) in [5.41, 5.74) is 15.7. The van der Waals surface area contributed by atoms with E-state index in [2.05, 4.69) is 109 Å². The minimum Gasteiger partial charge on any atom is -0.371 e. The van der Waals surface area contributed by atoms with E-state index in [0.29, 0.717) is 5.92 Å². The van der Waals surface area contributed by atoms with Gasteiger partial charge in [0.25, 0.3) is 0 Å². The minimum atomic E-state index is 0.433. The molecule has 52 heavy (non-hydrogen) atoms. The largest absolute Gasteiger partial charge is 0.371 e. The lowest BCUT2D eigenvalue weighted by atomic mass is 9.90. The van der Waals surface area contributed by atoms with E-state index in [-0.39, 0.29) is 0 Å². The van der Waals surface area contributed by atoms with Gasteiger partial charge in [0.15, 0.2) is 0 Å².